The maximum Gasteiger partial charge on any atom is 0.472 e. The molecule has 0 radical (unpaired) electrons. The first-order valence-electron chi connectivity index (χ1n) is 6.92. The zero-order valence-corrected chi connectivity index (χ0v) is 14.8. The first-order valence-corrected chi connectivity index (χ1v) is 7.68. The predicted octanol–water partition coefficient (Wildman–Crippen LogP) is 2.72. The van der Waals surface area contributed by atoms with Gasteiger partial charge in [0.15, 0.2) is 0 Å². The van der Waals surface area contributed by atoms with E-state index >= 15 is 0 Å². The molecule has 11 heteroatoms. The summed E-state index contributed by atoms with van der Waals surface area (Å²) in [7, 11) is 0. The molecule has 0 atom stereocenters. The number of guanidine groups is 1. The minimum atomic E-state index is -1.25. The van der Waals surface area contributed by atoms with E-state index in [0.29, 0.717) is 22.4 Å². The molecule has 138 valence electrons. The van der Waals surface area contributed by atoms with Gasteiger partial charge in [-0.25, -0.2) is 10.4 Å². The first kappa shape index (κ1) is 21.0. The molecule has 0 aliphatic carbocycles. The van der Waals surface area contributed by atoms with Gasteiger partial charge in [0.2, 0.25) is 5.96 Å². The Hall–Kier alpha value is -3.04. The molecule has 0 saturated heterocycles. The van der Waals surface area contributed by atoms with Crippen LogP contribution in [0.5, 0.6) is 5.75 Å². The molecule has 0 bridgehead atoms. The fraction of sp³-hybridized carbons (Fsp3) is 0.0667. The Morgan fingerprint density at radius 2 is 1.81 bits per heavy atom. The number of hydrogen-bond acceptors (Lipinski definition) is 4. The number of para-hydroxylation sites is 1. The lowest BCUT2D eigenvalue weighted by Gasteiger charge is -2.09. The van der Waals surface area contributed by atoms with Gasteiger partial charge in [0.05, 0.1) is 16.3 Å². The van der Waals surface area contributed by atoms with E-state index in [4.69, 9.17) is 54.7 Å². The highest BCUT2D eigenvalue weighted by atomic mass is 35.5. The summed E-state index contributed by atoms with van der Waals surface area (Å²) in [4.78, 5) is 8.47. The predicted molar refractivity (Wildman–Crippen MR) is 97.8 cm³/mol. The van der Waals surface area contributed by atoms with Gasteiger partial charge < -0.3 is 16.2 Å². The molecule has 0 unspecified atom stereocenters. The van der Waals surface area contributed by atoms with Gasteiger partial charge in [0, 0.05) is 5.56 Å². The lowest BCUT2D eigenvalue weighted by Crippen LogP contribution is -2.21. The number of nitrogens with zero attached hydrogens (tertiary/aromatic N) is 3. The summed E-state index contributed by atoms with van der Waals surface area (Å²) >= 11 is 11.9. The van der Waals surface area contributed by atoms with Crippen molar-refractivity contribution in [2.24, 2.45) is 21.7 Å². The van der Waals surface area contributed by atoms with Gasteiger partial charge in [-0.15, -0.1) is 5.10 Å². The van der Waals surface area contributed by atoms with Crippen LogP contribution < -0.4 is 16.2 Å². The third-order valence-corrected chi connectivity index (χ3v) is 3.41. The number of benzene rings is 2. The van der Waals surface area contributed by atoms with Gasteiger partial charge >= 0.3 is 5.09 Å². The Balaban J connectivity index is 0.000000765. The van der Waals surface area contributed by atoms with E-state index in [9.17, 15) is 0 Å². The lowest BCUT2D eigenvalue weighted by molar-refractivity contribution is -0.969. The third kappa shape index (κ3) is 8.18. The Kier molecular flexibility index (Phi) is 8.68. The third-order valence-electron chi connectivity index (χ3n) is 2.67. The van der Waals surface area contributed by atoms with E-state index < -0.39 is 5.09 Å². The van der Waals surface area contributed by atoms with Gasteiger partial charge in [-0.3, -0.25) is 0 Å². The summed E-state index contributed by atoms with van der Waals surface area (Å²) in [5.41, 5.74) is 12.1. The molecular formula is C15H16Cl2N5O4+. The second-order valence-corrected chi connectivity index (χ2v) is 5.41. The number of halogens is 2. The van der Waals surface area contributed by atoms with Gasteiger partial charge in [0.25, 0.3) is 0 Å². The molecule has 2 aromatic rings. The summed E-state index contributed by atoms with van der Waals surface area (Å²) in [5.74, 6) is 0.550. The molecule has 0 aromatic heterocycles. The molecular weight excluding hydrogens is 385 g/mol. The SMILES string of the molecule is NC(N)=N/N=C/c1ccccc1OCc1ccc(Cl)c(Cl)c1.O=[N+](O)O. The Labute approximate surface area is 158 Å². The molecule has 2 rings (SSSR count). The second-order valence-electron chi connectivity index (χ2n) is 4.60. The zero-order valence-electron chi connectivity index (χ0n) is 13.3. The fourth-order valence-corrected chi connectivity index (χ4v) is 1.99. The molecule has 0 aliphatic rings. The smallest absolute Gasteiger partial charge is 0.472 e. The molecule has 26 heavy (non-hydrogen) atoms. The largest absolute Gasteiger partial charge is 0.488 e. The maximum absolute atomic E-state index is 8.47. The van der Waals surface area contributed by atoms with Crippen LogP contribution >= 0.6 is 23.2 Å². The van der Waals surface area contributed by atoms with Crippen molar-refractivity contribution in [3.05, 3.63) is 68.5 Å². The normalized spacial score (nSPS) is 9.92. The highest BCUT2D eigenvalue weighted by molar-refractivity contribution is 6.42. The van der Waals surface area contributed by atoms with Crippen molar-refractivity contribution in [3.63, 3.8) is 0 Å². The Morgan fingerprint density at radius 1 is 1.15 bits per heavy atom. The van der Waals surface area contributed by atoms with Crippen LogP contribution in [0.2, 0.25) is 10.0 Å². The summed E-state index contributed by atoms with van der Waals surface area (Å²) < 4.78 is 5.77. The first-order chi connectivity index (χ1) is 12.3. The van der Waals surface area contributed by atoms with Crippen molar-refractivity contribution in [2.75, 3.05) is 0 Å². The van der Waals surface area contributed by atoms with E-state index in [2.05, 4.69) is 10.2 Å². The summed E-state index contributed by atoms with van der Waals surface area (Å²) in [6.07, 6.45) is 1.52. The Morgan fingerprint density at radius 3 is 2.42 bits per heavy atom. The van der Waals surface area contributed by atoms with Gasteiger partial charge in [-0.05, 0) is 29.8 Å². The van der Waals surface area contributed by atoms with E-state index in [1.807, 2.05) is 30.3 Å². The molecule has 0 spiro atoms. The number of rotatable bonds is 5. The van der Waals surface area contributed by atoms with Crippen LogP contribution in [-0.4, -0.2) is 27.7 Å². The number of nitrogens with two attached hydrogens (primary N) is 2. The van der Waals surface area contributed by atoms with Crippen molar-refractivity contribution >= 4 is 35.4 Å². The number of ether oxygens (including phenoxy) is 1. The van der Waals surface area contributed by atoms with Crippen molar-refractivity contribution < 1.29 is 20.2 Å². The monoisotopic (exact) mass is 400 g/mol. The average Bonchev–Trinajstić information content (AvgIpc) is 2.56. The molecule has 9 nitrogen and oxygen atoms in total. The minimum absolute atomic E-state index is 0.106. The minimum Gasteiger partial charge on any atom is -0.488 e. The molecule has 6 N–H and O–H groups in total. The van der Waals surface area contributed by atoms with Crippen LogP contribution in [0, 0.1) is 4.91 Å². The van der Waals surface area contributed by atoms with E-state index in [1.54, 1.807) is 12.1 Å². The maximum atomic E-state index is 8.47. The van der Waals surface area contributed by atoms with E-state index in [-0.39, 0.29) is 5.96 Å². The molecule has 0 amide bonds. The van der Waals surface area contributed by atoms with Gasteiger partial charge in [-0.1, -0.05) is 41.4 Å². The standard InChI is InChI=1S/C15H14Cl2N4O.H2NO3/c16-12-6-5-10(7-13(12)17)9-22-14-4-2-1-3-11(14)8-20-21-15(18)19;2-1(3)4/h1-8H,9H2,(H4,18,19,21);(H2,2,3,4)/q;+1/b20-8+;. The highest BCUT2D eigenvalue weighted by Gasteiger charge is 2.03. The van der Waals surface area contributed by atoms with Crippen LogP contribution in [0.25, 0.3) is 0 Å². The molecule has 0 saturated carbocycles. The van der Waals surface area contributed by atoms with Crippen molar-refractivity contribution in [3.8, 4) is 5.75 Å². The van der Waals surface area contributed by atoms with Crippen molar-refractivity contribution in [1.82, 2.24) is 0 Å². The average molecular weight is 401 g/mol. The van der Waals surface area contributed by atoms with Crippen LogP contribution in [-0.2, 0) is 6.61 Å². The fourth-order valence-electron chi connectivity index (χ4n) is 1.67. The second kappa shape index (κ2) is 10.7. The highest BCUT2D eigenvalue weighted by Crippen LogP contribution is 2.24. The van der Waals surface area contributed by atoms with Crippen molar-refractivity contribution in [2.45, 2.75) is 6.61 Å². The summed E-state index contributed by atoms with van der Waals surface area (Å²) in [5, 5.41) is 20.9. The Bertz CT molecular complexity index is 806. The van der Waals surface area contributed by atoms with Crippen LogP contribution in [0.4, 0.5) is 0 Å². The van der Waals surface area contributed by atoms with Gasteiger partial charge in [-0.2, -0.15) is 5.10 Å². The van der Waals surface area contributed by atoms with Gasteiger partial charge in [0.1, 0.15) is 17.3 Å². The molecule has 0 fully saturated rings. The zero-order chi connectivity index (χ0) is 19.5. The number of hydrogen-bond donors (Lipinski definition) is 4. The van der Waals surface area contributed by atoms with Crippen LogP contribution in [0.3, 0.4) is 0 Å². The van der Waals surface area contributed by atoms with Crippen molar-refractivity contribution in [1.29, 1.82) is 0 Å². The molecule has 0 aliphatic heterocycles. The summed E-state index contributed by atoms with van der Waals surface area (Å²) in [6, 6.07) is 12.7. The molecule has 2 aromatic carbocycles. The topological polar surface area (TPSA) is 147 Å². The quantitative estimate of drug-likeness (QED) is 0.344. The molecule has 0 heterocycles. The van der Waals surface area contributed by atoms with E-state index in [0.717, 1.165) is 11.1 Å². The lowest BCUT2D eigenvalue weighted by atomic mass is 10.2. The van der Waals surface area contributed by atoms with Crippen LogP contribution in [0.15, 0.2) is 52.7 Å². The summed E-state index contributed by atoms with van der Waals surface area (Å²) in [6.45, 7) is 0.351. The van der Waals surface area contributed by atoms with Crippen LogP contribution in [0.1, 0.15) is 11.1 Å². The van der Waals surface area contributed by atoms with E-state index in [1.165, 1.54) is 6.21 Å².